The van der Waals surface area contributed by atoms with E-state index < -0.39 is 23.9 Å². The largest absolute Gasteiger partial charge is 0.480 e. The van der Waals surface area contributed by atoms with Gasteiger partial charge in [0, 0.05) is 4.47 Å². The minimum atomic E-state index is -1.11. The highest BCUT2D eigenvalue weighted by Gasteiger charge is 2.19. The maximum Gasteiger partial charge on any atom is 0.326 e. The second kappa shape index (κ2) is 7.84. The van der Waals surface area contributed by atoms with Crippen LogP contribution < -0.4 is 10.6 Å². The number of carboxylic acids is 1. The lowest BCUT2D eigenvalue weighted by Gasteiger charge is -2.15. The van der Waals surface area contributed by atoms with E-state index in [0.717, 1.165) is 6.42 Å². The van der Waals surface area contributed by atoms with Gasteiger partial charge in [0.15, 0.2) is 0 Å². The third kappa shape index (κ3) is 5.16. The van der Waals surface area contributed by atoms with E-state index in [0.29, 0.717) is 17.3 Å². The van der Waals surface area contributed by atoms with Crippen molar-refractivity contribution in [2.24, 2.45) is 0 Å². The molecule has 0 heterocycles. The molecule has 0 aliphatic heterocycles. The van der Waals surface area contributed by atoms with Crippen molar-refractivity contribution in [3.63, 3.8) is 0 Å². The first-order chi connectivity index (χ1) is 9.43. The molecular weight excluding hydrogens is 331 g/mol. The Morgan fingerprint density at radius 2 is 2.15 bits per heavy atom. The van der Waals surface area contributed by atoms with Crippen LogP contribution in [0.3, 0.4) is 0 Å². The first kappa shape index (κ1) is 16.4. The Morgan fingerprint density at radius 3 is 2.70 bits per heavy atom. The zero-order chi connectivity index (χ0) is 15.1. The second-order valence-electron chi connectivity index (χ2n) is 4.26. The van der Waals surface area contributed by atoms with Crippen LogP contribution in [0.2, 0.25) is 0 Å². The lowest BCUT2D eigenvalue weighted by atomic mass is 10.1. The van der Waals surface area contributed by atoms with Gasteiger partial charge < -0.3 is 15.7 Å². The van der Waals surface area contributed by atoms with Crippen LogP contribution >= 0.6 is 15.9 Å². The average molecular weight is 347 g/mol. The van der Waals surface area contributed by atoms with Gasteiger partial charge >= 0.3 is 12.0 Å². The second-order valence-corrected chi connectivity index (χ2v) is 5.17. The summed E-state index contributed by atoms with van der Waals surface area (Å²) in [5, 5.41) is 13.6. The number of benzene rings is 1. The Labute approximate surface area is 124 Å². The molecule has 0 aromatic heterocycles. The quantitative estimate of drug-likeness (QED) is 0.738. The molecule has 1 aromatic rings. The number of hydrogen-bond donors (Lipinski definition) is 3. The highest BCUT2D eigenvalue weighted by molar-refractivity contribution is 9.10. The van der Waals surface area contributed by atoms with E-state index >= 15 is 0 Å². The van der Waals surface area contributed by atoms with E-state index in [1.54, 1.807) is 6.07 Å². The number of rotatable bonds is 6. The summed E-state index contributed by atoms with van der Waals surface area (Å²) in [5.74, 6) is -1.71. The molecule has 20 heavy (non-hydrogen) atoms. The molecule has 0 bridgehead atoms. The van der Waals surface area contributed by atoms with Gasteiger partial charge in [0.1, 0.15) is 11.9 Å². The number of anilines is 1. The molecule has 0 unspecified atom stereocenters. The average Bonchev–Trinajstić information content (AvgIpc) is 2.37. The summed E-state index contributed by atoms with van der Waals surface area (Å²) in [6.07, 6.45) is 1.85. The number of carbonyl (C=O) groups excluding carboxylic acids is 1. The number of aliphatic carboxylic acids is 1. The molecule has 0 aliphatic rings. The van der Waals surface area contributed by atoms with Crippen LogP contribution in [0.15, 0.2) is 22.7 Å². The Balaban J connectivity index is 2.63. The Kier molecular flexibility index (Phi) is 6.44. The molecule has 2 amide bonds. The SMILES string of the molecule is CCCC[C@H](NC(=O)Nc1ccc(Br)cc1F)C(=O)O. The maximum atomic E-state index is 13.5. The molecule has 0 radical (unpaired) electrons. The van der Waals surface area contributed by atoms with Crippen molar-refractivity contribution >= 4 is 33.6 Å². The van der Waals surface area contributed by atoms with Crippen molar-refractivity contribution < 1.29 is 19.1 Å². The molecule has 7 heteroatoms. The smallest absolute Gasteiger partial charge is 0.326 e. The first-order valence-corrected chi connectivity index (χ1v) is 6.98. The number of amides is 2. The first-order valence-electron chi connectivity index (χ1n) is 6.19. The minimum absolute atomic E-state index is 0.00895. The van der Waals surface area contributed by atoms with Gasteiger partial charge in [0.05, 0.1) is 5.69 Å². The number of unbranched alkanes of at least 4 members (excludes halogenated alkanes) is 1. The molecule has 0 aliphatic carbocycles. The summed E-state index contributed by atoms with van der Waals surface area (Å²) < 4.78 is 14.1. The van der Waals surface area contributed by atoms with Crippen LogP contribution in [0.4, 0.5) is 14.9 Å². The number of nitrogens with one attached hydrogen (secondary N) is 2. The Morgan fingerprint density at radius 1 is 1.45 bits per heavy atom. The van der Waals surface area contributed by atoms with E-state index in [-0.39, 0.29) is 5.69 Å². The van der Waals surface area contributed by atoms with Crippen molar-refractivity contribution in [2.45, 2.75) is 32.2 Å². The topological polar surface area (TPSA) is 78.4 Å². The predicted octanol–water partition coefficient (Wildman–Crippen LogP) is 3.35. The summed E-state index contributed by atoms with van der Waals surface area (Å²) in [6, 6.07) is 2.45. The van der Waals surface area contributed by atoms with Crippen LogP contribution in [-0.2, 0) is 4.79 Å². The summed E-state index contributed by atoms with van der Waals surface area (Å²) in [5.41, 5.74) is -0.00895. The van der Waals surface area contributed by atoms with Crippen LogP contribution in [-0.4, -0.2) is 23.1 Å². The van der Waals surface area contributed by atoms with E-state index in [1.807, 2.05) is 6.92 Å². The molecule has 1 rings (SSSR count). The highest BCUT2D eigenvalue weighted by atomic mass is 79.9. The molecule has 3 N–H and O–H groups in total. The summed E-state index contributed by atoms with van der Waals surface area (Å²) >= 11 is 3.10. The molecular formula is C13H16BrFN2O3. The third-order valence-electron chi connectivity index (χ3n) is 2.63. The number of carbonyl (C=O) groups is 2. The van der Waals surface area contributed by atoms with Gasteiger partial charge in [-0.25, -0.2) is 14.0 Å². The summed E-state index contributed by atoms with van der Waals surface area (Å²) in [7, 11) is 0. The maximum absolute atomic E-state index is 13.5. The zero-order valence-corrected chi connectivity index (χ0v) is 12.5. The Hall–Kier alpha value is -1.63. The fourth-order valence-electron chi connectivity index (χ4n) is 1.57. The van der Waals surface area contributed by atoms with Crippen molar-refractivity contribution in [1.29, 1.82) is 0 Å². The van der Waals surface area contributed by atoms with E-state index in [9.17, 15) is 14.0 Å². The van der Waals surface area contributed by atoms with Crippen LogP contribution in [0.25, 0.3) is 0 Å². The molecule has 1 atom stereocenters. The van der Waals surface area contributed by atoms with Crippen molar-refractivity contribution in [1.82, 2.24) is 5.32 Å². The van der Waals surface area contributed by atoms with Gasteiger partial charge in [-0.2, -0.15) is 0 Å². The van der Waals surface area contributed by atoms with Crippen molar-refractivity contribution in [3.8, 4) is 0 Å². The van der Waals surface area contributed by atoms with Crippen molar-refractivity contribution in [2.75, 3.05) is 5.32 Å². The number of halogens is 2. The number of hydrogen-bond acceptors (Lipinski definition) is 2. The van der Waals surface area contributed by atoms with Crippen LogP contribution in [0.1, 0.15) is 26.2 Å². The Bertz CT molecular complexity index is 497. The van der Waals surface area contributed by atoms with Crippen molar-refractivity contribution in [3.05, 3.63) is 28.5 Å². The lowest BCUT2D eigenvalue weighted by Crippen LogP contribution is -2.43. The minimum Gasteiger partial charge on any atom is -0.480 e. The molecule has 5 nitrogen and oxygen atoms in total. The van der Waals surface area contributed by atoms with E-state index in [2.05, 4.69) is 26.6 Å². The van der Waals surface area contributed by atoms with Gasteiger partial charge in [-0.3, -0.25) is 0 Å². The van der Waals surface area contributed by atoms with Gasteiger partial charge in [-0.15, -0.1) is 0 Å². The number of urea groups is 1. The normalized spacial score (nSPS) is 11.8. The summed E-state index contributed by atoms with van der Waals surface area (Å²) in [4.78, 5) is 22.6. The fraction of sp³-hybridized carbons (Fsp3) is 0.385. The van der Waals surface area contributed by atoms with Gasteiger partial charge in [0.25, 0.3) is 0 Å². The standard InChI is InChI=1S/C13H16BrFN2O3/c1-2-3-4-11(12(18)19)17-13(20)16-10-6-5-8(14)7-9(10)15/h5-7,11H,2-4H2,1H3,(H,18,19)(H2,16,17,20)/t11-/m0/s1. The van der Waals surface area contributed by atoms with Gasteiger partial charge in [0.2, 0.25) is 0 Å². The van der Waals surface area contributed by atoms with Gasteiger partial charge in [-0.05, 0) is 24.6 Å². The van der Waals surface area contributed by atoms with Crippen LogP contribution in [0.5, 0.6) is 0 Å². The van der Waals surface area contributed by atoms with Gasteiger partial charge in [-0.1, -0.05) is 35.7 Å². The molecule has 0 fully saturated rings. The predicted molar refractivity (Wildman–Crippen MR) is 77.2 cm³/mol. The molecule has 0 saturated heterocycles. The monoisotopic (exact) mass is 346 g/mol. The summed E-state index contributed by atoms with van der Waals surface area (Å²) in [6.45, 7) is 1.93. The fourth-order valence-corrected chi connectivity index (χ4v) is 1.91. The lowest BCUT2D eigenvalue weighted by molar-refractivity contribution is -0.139. The molecule has 1 aromatic carbocycles. The third-order valence-corrected chi connectivity index (χ3v) is 3.12. The molecule has 0 spiro atoms. The molecule has 110 valence electrons. The van der Waals surface area contributed by atoms with Crippen LogP contribution in [0, 0.1) is 5.82 Å². The zero-order valence-electron chi connectivity index (χ0n) is 11.0. The highest BCUT2D eigenvalue weighted by Crippen LogP contribution is 2.19. The van der Waals surface area contributed by atoms with E-state index in [1.165, 1.54) is 12.1 Å². The molecule has 0 saturated carbocycles. The van der Waals surface area contributed by atoms with E-state index in [4.69, 9.17) is 5.11 Å². The number of carboxylic acid groups (broad SMARTS) is 1.